The molecule has 0 saturated heterocycles. The molecule has 1 aromatic rings. The van der Waals surface area contributed by atoms with Gasteiger partial charge in [-0.25, -0.2) is 0 Å². The second-order valence-corrected chi connectivity index (χ2v) is 3.05. The minimum absolute atomic E-state index is 0.156. The molecule has 0 spiro atoms. The first kappa shape index (κ1) is 10.0. The smallest absolute Gasteiger partial charge is 0.0725 e. The second kappa shape index (κ2) is 5.55. The molecule has 0 radical (unpaired) electrons. The molecule has 0 aliphatic rings. The summed E-state index contributed by atoms with van der Waals surface area (Å²) in [5, 5.41) is 0. The SMILES string of the molecule is C=CC(C)OCCc1ccccc1. The Morgan fingerprint density at radius 1 is 1.38 bits per heavy atom. The number of rotatable bonds is 5. The molecule has 0 bridgehead atoms. The lowest BCUT2D eigenvalue weighted by molar-refractivity contribution is 0.100. The topological polar surface area (TPSA) is 9.23 Å². The maximum absolute atomic E-state index is 5.48. The molecule has 1 unspecified atom stereocenters. The van der Waals surface area contributed by atoms with Gasteiger partial charge in [-0.2, -0.15) is 0 Å². The van der Waals surface area contributed by atoms with Crippen LogP contribution in [0.15, 0.2) is 43.0 Å². The van der Waals surface area contributed by atoms with Crippen molar-refractivity contribution in [2.24, 2.45) is 0 Å². The predicted molar refractivity (Wildman–Crippen MR) is 55.8 cm³/mol. The first-order valence-electron chi connectivity index (χ1n) is 4.61. The van der Waals surface area contributed by atoms with Gasteiger partial charge in [-0.3, -0.25) is 0 Å². The van der Waals surface area contributed by atoms with Gasteiger partial charge in [0.15, 0.2) is 0 Å². The van der Waals surface area contributed by atoms with Gasteiger partial charge in [0.25, 0.3) is 0 Å². The Kier molecular flexibility index (Phi) is 4.27. The fourth-order valence-electron chi connectivity index (χ4n) is 1.08. The van der Waals surface area contributed by atoms with Crippen LogP contribution in [0.1, 0.15) is 12.5 Å². The van der Waals surface area contributed by atoms with Gasteiger partial charge in [-0.1, -0.05) is 36.4 Å². The van der Waals surface area contributed by atoms with E-state index < -0.39 is 0 Å². The molecule has 1 atom stereocenters. The van der Waals surface area contributed by atoms with Crippen LogP contribution in [0.25, 0.3) is 0 Å². The highest BCUT2D eigenvalue weighted by atomic mass is 16.5. The number of hydrogen-bond acceptors (Lipinski definition) is 1. The van der Waals surface area contributed by atoms with Crippen LogP contribution in [0.4, 0.5) is 0 Å². The van der Waals surface area contributed by atoms with Gasteiger partial charge in [-0.15, -0.1) is 6.58 Å². The van der Waals surface area contributed by atoms with Crippen LogP contribution in [0.3, 0.4) is 0 Å². The molecule has 70 valence electrons. The maximum Gasteiger partial charge on any atom is 0.0725 e. The van der Waals surface area contributed by atoms with Gasteiger partial charge in [0.2, 0.25) is 0 Å². The van der Waals surface area contributed by atoms with E-state index >= 15 is 0 Å². The molecule has 0 N–H and O–H groups in total. The van der Waals surface area contributed by atoms with Crippen molar-refractivity contribution in [1.29, 1.82) is 0 Å². The number of benzene rings is 1. The molecule has 0 heterocycles. The summed E-state index contributed by atoms with van der Waals surface area (Å²) in [4.78, 5) is 0. The maximum atomic E-state index is 5.48. The van der Waals surface area contributed by atoms with Crippen LogP contribution in [-0.4, -0.2) is 12.7 Å². The second-order valence-electron chi connectivity index (χ2n) is 3.05. The monoisotopic (exact) mass is 176 g/mol. The van der Waals surface area contributed by atoms with Crippen molar-refractivity contribution < 1.29 is 4.74 Å². The van der Waals surface area contributed by atoms with Crippen molar-refractivity contribution in [2.75, 3.05) is 6.61 Å². The summed E-state index contributed by atoms with van der Waals surface area (Å²) in [6.45, 7) is 6.42. The molecule has 1 aromatic carbocycles. The first-order valence-corrected chi connectivity index (χ1v) is 4.61. The summed E-state index contributed by atoms with van der Waals surface area (Å²) in [5.74, 6) is 0. The van der Waals surface area contributed by atoms with Gasteiger partial charge in [0.05, 0.1) is 12.7 Å². The van der Waals surface area contributed by atoms with E-state index in [9.17, 15) is 0 Å². The van der Waals surface area contributed by atoms with Crippen LogP contribution < -0.4 is 0 Å². The lowest BCUT2D eigenvalue weighted by atomic mass is 10.2. The highest BCUT2D eigenvalue weighted by molar-refractivity contribution is 5.14. The molecule has 0 aliphatic carbocycles. The predicted octanol–water partition coefficient (Wildman–Crippen LogP) is 2.82. The van der Waals surface area contributed by atoms with Gasteiger partial charge >= 0.3 is 0 Å². The molecule has 1 heteroatoms. The Morgan fingerprint density at radius 2 is 2.08 bits per heavy atom. The average molecular weight is 176 g/mol. The fourth-order valence-corrected chi connectivity index (χ4v) is 1.08. The quantitative estimate of drug-likeness (QED) is 0.627. The van der Waals surface area contributed by atoms with E-state index in [1.54, 1.807) is 0 Å². The van der Waals surface area contributed by atoms with Crippen molar-refractivity contribution in [1.82, 2.24) is 0 Å². The molecule has 1 rings (SSSR count). The third-order valence-electron chi connectivity index (χ3n) is 1.95. The summed E-state index contributed by atoms with van der Waals surface area (Å²) < 4.78 is 5.48. The van der Waals surface area contributed by atoms with Crippen molar-refractivity contribution >= 4 is 0 Å². The van der Waals surface area contributed by atoms with E-state index in [0.717, 1.165) is 13.0 Å². The van der Waals surface area contributed by atoms with Gasteiger partial charge < -0.3 is 4.74 Å². The number of hydrogen-bond donors (Lipinski definition) is 0. The van der Waals surface area contributed by atoms with E-state index in [0.29, 0.717) is 0 Å². The Balaban J connectivity index is 2.24. The lowest BCUT2D eigenvalue weighted by Crippen LogP contribution is -2.07. The molecule has 0 amide bonds. The normalized spacial score (nSPS) is 12.4. The third kappa shape index (κ3) is 3.90. The molecular formula is C12H16O. The molecule has 0 fully saturated rings. The van der Waals surface area contributed by atoms with Crippen LogP contribution in [0, 0.1) is 0 Å². The molecular weight excluding hydrogens is 160 g/mol. The first-order chi connectivity index (χ1) is 6.33. The average Bonchev–Trinajstić information content (AvgIpc) is 2.19. The van der Waals surface area contributed by atoms with E-state index in [2.05, 4.69) is 18.7 Å². The Labute approximate surface area is 80.0 Å². The Bertz CT molecular complexity index is 241. The van der Waals surface area contributed by atoms with Gasteiger partial charge in [0.1, 0.15) is 0 Å². The molecule has 13 heavy (non-hydrogen) atoms. The van der Waals surface area contributed by atoms with Crippen LogP contribution in [0.2, 0.25) is 0 Å². The van der Waals surface area contributed by atoms with Gasteiger partial charge in [0, 0.05) is 0 Å². The fraction of sp³-hybridized carbons (Fsp3) is 0.333. The lowest BCUT2D eigenvalue weighted by Gasteiger charge is -2.07. The van der Waals surface area contributed by atoms with E-state index in [1.807, 2.05) is 31.2 Å². The minimum atomic E-state index is 0.156. The zero-order valence-electron chi connectivity index (χ0n) is 8.07. The third-order valence-corrected chi connectivity index (χ3v) is 1.95. The standard InChI is InChI=1S/C12H16O/c1-3-11(2)13-10-9-12-7-5-4-6-8-12/h3-8,11H,1,9-10H2,2H3. The van der Waals surface area contributed by atoms with Crippen molar-refractivity contribution in [3.8, 4) is 0 Å². The van der Waals surface area contributed by atoms with E-state index in [4.69, 9.17) is 4.74 Å². The van der Waals surface area contributed by atoms with Crippen LogP contribution in [0.5, 0.6) is 0 Å². The zero-order chi connectivity index (χ0) is 9.52. The molecule has 0 saturated carbocycles. The molecule has 0 aromatic heterocycles. The summed E-state index contributed by atoms with van der Waals surface area (Å²) >= 11 is 0. The van der Waals surface area contributed by atoms with E-state index in [-0.39, 0.29) is 6.10 Å². The van der Waals surface area contributed by atoms with Crippen molar-refractivity contribution in [3.63, 3.8) is 0 Å². The molecule has 0 aliphatic heterocycles. The van der Waals surface area contributed by atoms with Crippen LogP contribution in [-0.2, 0) is 11.2 Å². The summed E-state index contributed by atoms with van der Waals surface area (Å²) in [7, 11) is 0. The van der Waals surface area contributed by atoms with Gasteiger partial charge in [-0.05, 0) is 18.9 Å². The summed E-state index contributed by atoms with van der Waals surface area (Å²) in [6, 6.07) is 10.3. The molecule has 1 nitrogen and oxygen atoms in total. The summed E-state index contributed by atoms with van der Waals surface area (Å²) in [6.07, 6.45) is 2.94. The highest BCUT2D eigenvalue weighted by Crippen LogP contribution is 2.01. The Morgan fingerprint density at radius 3 is 2.69 bits per heavy atom. The minimum Gasteiger partial charge on any atom is -0.374 e. The number of ether oxygens (including phenoxy) is 1. The highest BCUT2D eigenvalue weighted by Gasteiger charge is 1.95. The summed E-state index contributed by atoms with van der Waals surface area (Å²) in [5.41, 5.74) is 1.32. The largest absolute Gasteiger partial charge is 0.374 e. The zero-order valence-corrected chi connectivity index (χ0v) is 8.07. The van der Waals surface area contributed by atoms with Crippen molar-refractivity contribution in [2.45, 2.75) is 19.4 Å². The van der Waals surface area contributed by atoms with Crippen molar-refractivity contribution in [3.05, 3.63) is 48.6 Å². The van der Waals surface area contributed by atoms with Crippen LogP contribution >= 0.6 is 0 Å². The van der Waals surface area contributed by atoms with E-state index in [1.165, 1.54) is 5.56 Å². The Hall–Kier alpha value is -1.08.